The lowest BCUT2D eigenvalue weighted by atomic mass is 10.1. The second kappa shape index (κ2) is 4.94. The summed E-state index contributed by atoms with van der Waals surface area (Å²) in [5.41, 5.74) is 2.56. The first-order valence-electron chi connectivity index (χ1n) is 4.34. The number of benzene rings is 1. The monoisotopic (exact) mass is 163 g/mol. The van der Waals surface area contributed by atoms with Crippen LogP contribution in [0.25, 0.3) is 0 Å². The summed E-state index contributed by atoms with van der Waals surface area (Å²) in [4.78, 5) is 0. The fraction of sp³-hybridized carbons (Fsp3) is 0.364. The summed E-state index contributed by atoms with van der Waals surface area (Å²) in [6, 6.07) is 8.41. The zero-order valence-electron chi connectivity index (χ0n) is 7.29. The van der Waals surface area contributed by atoms with E-state index >= 15 is 0 Å². The molecule has 0 amide bonds. The van der Waals surface area contributed by atoms with Crippen molar-refractivity contribution in [3.05, 3.63) is 42.3 Å². The van der Waals surface area contributed by atoms with E-state index in [1.165, 1.54) is 11.1 Å². The van der Waals surface area contributed by atoms with Gasteiger partial charge in [0.05, 0.1) is 0 Å². The first kappa shape index (κ1) is 9.27. The third kappa shape index (κ3) is 2.67. The summed E-state index contributed by atoms with van der Waals surface area (Å²) in [6.07, 6.45) is 2.66. The molecule has 0 fully saturated rings. The van der Waals surface area contributed by atoms with Gasteiger partial charge in [0.15, 0.2) is 0 Å². The van der Waals surface area contributed by atoms with Gasteiger partial charge in [-0.2, -0.15) is 0 Å². The molecule has 1 heteroatoms. The maximum absolute atomic E-state index is 8.62. The lowest BCUT2D eigenvalue weighted by Gasteiger charge is -2.00. The predicted octanol–water partition coefficient (Wildman–Crippen LogP) is 1.99. The smallest absolute Gasteiger partial charge is 0.0434 e. The van der Waals surface area contributed by atoms with Gasteiger partial charge in [-0.25, -0.2) is 0 Å². The molecule has 0 aliphatic carbocycles. The van der Waals surface area contributed by atoms with Gasteiger partial charge in [-0.05, 0) is 37.3 Å². The molecule has 1 aromatic rings. The Labute approximate surface area is 74.1 Å². The van der Waals surface area contributed by atoms with Gasteiger partial charge in [-0.15, -0.1) is 0 Å². The van der Waals surface area contributed by atoms with Crippen LogP contribution in [0, 0.1) is 6.92 Å². The number of aliphatic hydroxyl groups is 1. The molecule has 1 N–H and O–H groups in total. The summed E-state index contributed by atoms with van der Waals surface area (Å²) >= 11 is 0. The van der Waals surface area contributed by atoms with Gasteiger partial charge >= 0.3 is 0 Å². The van der Waals surface area contributed by atoms with Crippen LogP contribution in [0.5, 0.6) is 0 Å². The van der Waals surface area contributed by atoms with Gasteiger partial charge in [0, 0.05) is 6.61 Å². The average molecular weight is 163 g/mol. The highest BCUT2D eigenvalue weighted by molar-refractivity contribution is 5.22. The molecule has 0 spiro atoms. The lowest BCUT2D eigenvalue weighted by Crippen LogP contribution is -1.89. The maximum Gasteiger partial charge on any atom is 0.0434 e. The van der Waals surface area contributed by atoms with E-state index < -0.39 is 0 Å². The molecule has 0 aromatic heterocycles. The largest absolute Gasteiger partial charge is 0.396 e. The summed E-state index contributed by atoms with van der Waals surface area (Å²) in [6.45, 7) is 4.08. The fourth-order valence-corrected chi connectivity index (χ4v) is 1.16. The molecule has 1 rings (SSSR count). The number of aryl methyl sites for hydroxylation is 1. The van der Waals surface area contributed by atoms with Crippen molar-refractivity contribution in [2.45, 2.75) is 19.3 Å². The van der Waals surface area contributed by atoms with Gasteiger partial charge in [0.1, 0.15) is 0 Å². The number of hydrogen-bond acceptors (Lipinski definition) is 1. The molecule has 1 aromatic carbocycles. The van der Waals surface area contributed by atoms with E-state index in [1.54, 1.807) is 0 Å². The minimum Gasteiger partial charge on any atom is -0.396 e. The Morgan fingerprint density at radius 2 is 1.67 bits per heavy atom. The molecule has 0 aliphatic rings. The lowest BCUT2D eigenvalue weighted by molar-refractivity contribution is 0.288. The van der Waals surface area contributed by atoms with E-state index in [2.05, 4.69) is 31.2 Å². The first-order chi connectivity index (χ1) is 5.86. The molecule has 1 nitrogen and oxygen atoms in total. The Morgan fingerprint density at radius 1 is 1.08 bits per heavy atom. The Hall–Kier alpha value is -0.820. The van der Waals surface area contributed by atoms with E-state index in [9.17, 15) is 0 Å². The van der Waals surface area contributed by atoms with Crippen LogP contribution >= 0.6 is 0 Å². The quantitative estimate of drug-likeness (QED) is 0.719. The highest BCUT2D eigenvalue weighted by Crippen LogP contribution is 2.06. The zero-order chi connectivity index (χ0) is 8.81. The van der Waals surface area contributed by atoms with Crippen molar-refractivity contribution in [3.63, 3.8) is 0 Å². The van der Waals surface area contributed by atoms with Gasteiger partial charge in [0.2, 0.25) is 0 Å². The van der Waals surface area contributed by atoms with Crippen LogP contribution in [0.3, 0.4) is 0 Å². The molecule has 12 heavy (non-hydrogen) atoms. The Kier molecular flexibility index (Phi) is 3.81. The molecule has 0 atom stereocenters. The maximum atomic E-state index is 8.62. The van der Waals surface area contributed by atoms with Crippen molar-refractivity contribution in [2.24, 2.45) is 0 Å². The summed E-state index contributed by atoms with van der Waals surface area (Å²) in [7, 11) is 0. The van der Waals surface area contributed by atoms with Crippen LogP contribution in [0.2, 0.25) is 0 Å². The van der Waals surface area contributed by atoms with E-state index in [0.717, 1.165) is 19.3 Å². The molecule has 0 unspecified atom stereocenters. The summed E-state index contributed by atoms with van der Waals surface area (Å²) in [5, 5.41) is 8.62. The molecular weight excluding hydrogens is 148 g/mol. The Balaban J connectivity index is 2.53. The molecule has 0 saturated heterocycles. The van der Waals surface area contributed by atoms with Crippen LogP contribution < -0.4 is 0 Å². The van der Waals surface area contributed by atoms with Gasteiger partial charge < -0.3 is 5.11 Å². The average Bonchev–Trinajstić information content (AvgIpc) is 2.15. The zero-order valence-corrected chi connectivity index (χ0v) is 7.29. The van der Waals surface area contributed by atoms with Gasteiger partial charge in [0.25, 0.3) is 0 Å². The molecule has 0 bridgehead atoms. The SMILES string of the molecule is [CH2]Cc1ccc(CCCO)cc1. The Bertz CT molecular complexity index is 213. The summed E-state index contributed by atoms with van der Waals surface area (Å²) < 4.78 is 0. The molecule has 65 valence electrons. The molecule has 0 saturated carbocycles. The summed E-state index contributed by atoms with van der Waals surface area (Å²) in [5.74, 6) is 0. The van der Waals surface area contributed by atoms with Crippen molar-refractivity contribution >= 4 is 0 Å². The van der Waals surface area contributed by atoms with Crippen molar-refractivity contribution in [1.29, 1.82) is 0 Å². The second-order valence-corrected chi connectivity index (χ2v) is 2.89. The normalized spacial score (nSPS) is 10.2. The topological polar surface area (TPSA) is 20.2 Å². The van der Waals surface area contributed by atoms with Crippen molar-refractivity contribution in [1.82, 2.24) is 0 Å². The van der Waals surface area contributed by atoms with Crippen LogP contribution in [0.4, 0.5) is 0 Å². The highest BCUT2D eigenvalue weighted by atomic mass is 16.2. The third-order valence-electron chi connectivity index (χ3n) is 1.94. The first-order valence-corrected chi connectivity index (χ1v) is 4.34. The van der Waals surface area contributed by atoms with Crippen LogP contribution in [-0.2, 0) is 12.8 Å². The number of rotatable bonds is 4. The van der Waals surface area contributed by atoms with Gasteiger partial charge in [-0.3, -0.25) is 0 Å². The second-order valence-electron chi connectivity index (χ2n) is 2.89. The standard InChI is InChI=1S/C11H15O/c1-2-10-5-7-11(8-6-10)4-3-9-12/h5-8,12H,1-4,9H2. The Morgan fingerprint density at radius 3 is 2.17 bits per heavy atom. The third-order valence-corrected chi connectivity index (χ3v) is 1.94. The van der Waals surface area contributed by atoms with E-state index in [4.69, 9.17) is 5.11 Å². The number of hydrogen-bond donors (Lipinski definition) is 1. The molecule has 1 radical (unpaired) electrons. The van der Waals surface area contributed by atoms with Crippen LogP contribution in [0.1, 0.15) is 17.5 Å². The van der Waals surface area contributed by atoms with Crippen LogP contribution in [0.15, 0.2) is 24.3 Å². The minimum atomic E-state index is 0.275. The van der Waals surface area contributed by atoms with E-state index in [1.807, 2.05) is 0 Å². The van der Waals surface area contributed by atoms with Crippen LogP contribution in [-0.4, -0.2) is 11.7 Å². The molecule has 0 aliphatic heterocycles. The van der Waals surface area contributed by atoms with Crippen molar-refractivity contribution in [3.8, 4) is 0 Å². The van der Waals surface area contributed by atoms with E-state index in [-0.39, 0.29) is 6.61 Å². The fourth-order valence-electron chi connectivity index (χ4n) is 1.16. The van der Waals surface area contributed by atoms with Crippen molar-refractivity contribution in [2.75, 3.05) is 6.61 Å². The minimum absolute atomic E-state index is 0.275. The molecule has 0 heterocycles. The van der Waals surface area contributed by atoms with Crippen molar-refractivity contribution < 1.29 is 5.11 Å². The molecular formula is C11H15O. The predicted molar refractivity (Wildman–Crippen MR) is 50.9 cm³/mol. The van der Waals surface area contributed by atoms with E-state index in [0.29, 0.717) is 0 Å². The highest BCUT2D eigenvalue weighted by Gasteiger charge is 1.92. The number of aliphatic hydroxyl groups excluding tert-OH is 1. The van der Waals surface area contributed by atoms with Gasteiger partial charge in [-0.1, -0.05) is 24.3 Å².